The van der Waals surface area contributed by atoms with E-state index in [9.17, 15) is 18.3 Å². The summed E-state index contributed by atoms with van der Waals surface area (Å²) in [6.07, 6.45) is 6.14. The molecule has 9 heteroatoms. The van der Waals surface area contributed by atoms with Crippen molar-refractivity contribution in [2.45, 2.75) is 4.90 Å². The van der Waals surface area contributed by atoms with Crippen LogP contribution in [-0.2, 0) is 14.8 Å². The molecule has 0 atom stereocenters. The molecule has 0 bridgehead atoms. The van der Waals surface area contributed by atoms with Gasteiger partial charge in [-0.1, -0.05) is 36.4 Å². The fourth-order valence-corrected chi connectivity index (χ4v) is 3.75. The SMILES string of the molecule is COc1ccc(/C=C/C(=O)/C(CNc2ccc(S(N)(=O)=O)cc2)=C(O)/C=C/c2ccc(OC)cc2)cc1. The predicted molar refractivity (Wildman–Crippen MR) is 145 cm³/mol. The Morgan fingerprint density at radius 3 is 1.78 bits per heavy atom. The van der Waals surface area contributed by atoms with Crippen molar-refractivity contribution in [3.05, 3.63) is 107 Å². The highest BCUT2D eigenvalue weighted by molar-refractivity contribution is 7.89. The van der Waals surface area contributed by atoms with E-state index in [0.717, 1.165) is 11.1 Å². The fourth-order valence-electron chi connectivity index (χ4n) is 3.24. The van der Waals surface area contributed by atoms with E-state index >= 15 is 0 Å². The molecule has 0 aromatic heterocycles. The van der Waals surface area contributed by atoms with E-state index in [4.69, 9.17) is 14.6 Å². The quantitative estimate of drug-likeness (QED) is 0.192. The zero-order valence-corrected chi connectivity index (χ0v) is 21.2. The van der Waals surface area contributed by atoms with Gasteiger partial charge < -0.3 is 19.9 Å². The average molecular weight is 521 g/mol. The smallest absolute Gasteiger partial charge is 0.238 e. The molecule has 8 nitrogen and oxygen atoms in total. The van der Waals surface area contributed by atoms with Gasteiger partial charge in [0.1, 0.15) is 17.3 Å². The van der Waals surface area contributed by atoms with Crippen LogP contribution in [0.4, 0.5) is 5.69 Å². The van der Waals surface area contributed by atoms with Crippen molar-refractivity contribution in [3.8, 4) is 11.5 Å². The number of benzene rings is 3. The van der Waals surface area contributed by atoms with Crippen LogP contribution in [0.15, 0.2) is 101 Å². The molecule has 37 heavy (non-hydrogen) atoms. The van der Waals surface area contributed by atoms with Crippen LogP contribution in [0.3, 0.4) is 0 Å². The number of aliphatic hydroxyl groups excluding tert-OH is 1. The van der Waals surface area contributed by atoms with Crippen LogP contribution in [0.1, 0.15) is 11.1 Å². The maximum atomic E-state index is 13.1. The number of rotatable bonds is 11. The first kappa shape index (κ1) is 27.3. The Hall–Kier alpha value is -4.34. The lowest BCUT2D eigenvalue weighted by Gasteiger charge is -2.10. The summed E-state index contributed by atoms with van der Waals surface area (Å²) in [6.45, 7) is -0.0146. The molecule has 0 heterocycles. The van der Waals surface area contributed by atoms with E-state index in [-0.39, 0.29) is 22.8 Å². The van der Waals surface area contributed by atoms with Gasteiger partial charge in [-0.3, -0.25) is 4.79 Å². The minimum Gasteiger partial charge on any atom is -0.507 e. The number of nitrogens with one attached hydrogen (secondary N) is 1. The molecular formula is C28H28N2O6S. The van der Waals surface area contributed by atoms with Crippen LogP contribution in [0.5, 0.6) is 11.5 Å². The molecule has 0 saturated heterocycles. The van der Waals surface area contributed by atoms with Gasteiger partial charge in [0, 0.05) is 12.2 Å². The van der Waals surface area contributed by atoms with Crippen LogP contribution in [0.25, 0.3) is 12.2 Å². The van der Waals surface area contributed by atoms with Crippen molar-refractivity contribution >= 4 is 33.6 Å². The van der Waals surface area contributed by atoms with Gasteiger partial charge in [0.25, 0.3) is 0 Å². The number of methoxy groups -OCH3 is 2. The highest BCUT2D eigenvalue weighted by Gasteiger charge is 2.13. The van der Waals surface area contributed by atoms with Gasteiger partial charge in [0.05, 0.1) is 24.7 Å². The van der Waals surface area contributed by atoms with Gasteiger partial charge in [-0.15, -0.1) is 0 Å². The fraction of sp³-hybridized carbons (Fsp3) is 0.107. The Bertz CT molecular complexity index is 1410. The number of allylic oxidation sites excluding steroid dienone is 2. The minimum absolute atomic E-state index is 0.0146. The van der Waals surface area contributed by atoms with Crippen LogP contribution in [0.2, 0.25) is 0 Å². The Balaban J connectivity index is 1.84. The first-order valence-electron chi connectivity index (χ1n) is 11.2. The molecule has 0 aliphatic heterocycles. The number of sulfonamides is 1. The van der Waals surface area contributed by atoms with E-state index in [2.05, 4.69) is 5.32 Å². The first-order chi connectivity index (χ1) is 17.7. The maximum Gasteiger partial charge on any atom is 0.238 e. The number of ether oxygens (including phenoxy) is 2. The van der Waals surface area contributed by atoms with Crippen molar-refractivity contribution < 1.29 is 27.8 Å². The largest absolute Gasteiger partial charge is 0.507 e. The van der Waals surface area contributed by atoms with Crippen LogP contribution < -0.4 is 19.9 Å². The topological polar surface area (TPSA) is 128 Å². The number of hydrogen-bond donors (Lipinski definition) is 3. The number of carbonyl (C=O) groups is 1. The summed E-state index contributed by atoms with van der Waals surface area (Å²) in [5, 5.41) is 19.0. The van der Waals surface area contributed by atoms with Gasteiger partial charge in [-0.2, -0.15) is 0 Å². The number of primary sulfonamides is 1. The molecule has 0 saturated carbocycles. The monoisotopic (exact) mass is 520 g/mol. The normalized spacial score (nSPS) is 12.4. The molecule has 0 amide bonds. The van der Waals surface area contributed by atoms with Gasteiger partial charge in [0.15, 0.2) is 5.78 Å². The Morgan fingerprint density at radius 2 is 1.32 bits per heavy atom. The standard InChI is InChI=1S/C28H28N2O6S/c1-35-23-11-3-20(4-12-23)7-17-27(31)26(19-30-22-9-15-25(16-10-22)37(29,33)34)28(32)18-8-21-5-13-24(36-2)14-6-21/h3-18,30-31H,19H2,1-2H3,(H2,29,33,34)/b17-7+,18-8+,27-26-. The number of anilines is 1. The lowest BCUT2D eigenvalue weighted by atomic mass is 10.1. The van der Waals surface area contributed by atoms with Gasteiger partial charge in [0.2, 0.25) is 10.0 Å². The van der Waals surface area contributed by atoms with Crippen LogP contribution >= 0.6 is 0 Å². The third kappa shape index (κ3) is 8.09. The Morgan fingerprint density at radius 1 is 0.838 bits per heavy atom. The zero-order chi connectivity index (χ0) is 26.8. The van der Waals surface area contributed by atoms with Crippen molar-refractivity contribution in [1.82, 2.24) is 0 Å². The van der Waals surface area contributed by atoms with Gasteiger partial charge in [-0.25, -0.2) is 13.6 Å². The summed E-state index contributed by atoms with van der Waals surface area (Å²) >= 11 is 0. The number of nitrogens with two attached hydrogens (primary N) is 1. The highest BCUT2D eigenvalue weighted by Crippen LogP contribution is 2.18. The molecule has 3 aromatic carbocycles. The van der Waals surface area contributed by atoms with E-state index in [1.807, 2.05) is 12.1 Å². The molecule has 0 spiro atoms. The third-order valence-corrected chi connectivity index (χ3v) is 6.28. The van der Waals surface area contributed by atoms with E-state index in [0.29, 0.717) is 17.2 Å². The molecular weight excluding hydrogens is 492 g/mol. The van der Waals surface area contributed by atoms with Crippen LogP contribution in [0, 0.1) is 0 Å². The average Bonchev–Trinajstić information content (AvgIpc) is 2.91. The molecule has 0 aliphatic rings. The van der Waals surface area contributed by atoms with E-state index in [1.165, 1.54) is 36.4 Å². The summed E-state index contributed by atoms with van der Waals surface area (Å²) in [7, 11) is -0.671. The summed E-state index contributed by atoms with van der Waals surface area (Å²) < 4.78 is 33.3. The highest BCUT2D eigenvalue weighted by atomic mass is 32.2. The van der Waals surface area contributed by atoms with Crippen molar-refractivity contribution in [2.24, 2.45) is 5.14 Å². The summed E-state index contributed by atoms with van der Waals surface area (Å²) in [6, 6.07) is 20.2. The van der Waals surface area contributed by atoms with Gasteiger partial charge in [-0.05, 0) is 71.8 Å². The minimum atomic E-state index is -3.82. The second-order valence-electron chi connectivity index (χ2n) is 7.86. The molecule has 0 radical (unpaired) electrons. The Kier molecular flexibility index (Phi) is 9.26. The summed E-state index contributed by atoms with van der Waals surface area (Å²) in [4.78, 5) is 13.0. The second-order valence-corrected chi connectivity index (χ2v) is 9.43. The van der Waals surface area contributed by atoms with E-state index in [1.54, 1.807) is 62.8 Å². The van der Waals surface area contributed by atoms with Crippen molar-refractivity contribution in [1.29, 1.82) is 0 Å². The summed E-state index contributed by atoms with van der Waals surface area (Å²) in [5.74, 6) is 0.785. The molecule has 0 fully saturated rings. The van der Waals surface area contributed by atoms with E-state index < -0.39 is 15.8 Å². The molecule has 0 aliphatic carbocycles. The van der Waals surface area contributed by atoms with Crippen molar-refractivity contribution in [2.75, 3.05) is 26.1 Å². The molecule has 3 aromatic rings. The molecule has 4 N–H and O–H groups in total. The molecule has 3 rings (SSSR count). The van der Waals surface area contributed by atoms with Crippen molar-refractivity contribution in [3.63, 3.8) is 0 Å². The maximum absolute atomic E-state index is 13.1. The first-order valence-corrected chi connectivity index (χ1v) is 12.7. The third-order valence-electron chi connectivity index (χ3n) is 5.35. The zero-order valence-electron chi connectivity index (χ0n) is 20.4. The van der Waals surface area contributed by atoms with Gasteiger partial charge >= 0.3 is 0 Å². The lowest BCUT2D eigenvalue weighted by Crippen LogP contribution is -2.14. The lowest BCUT2D eigenvalue weighted by molar-refractivity contribution is -0.111. The summed E-state index contributed by atoms with van der Waals surface area (Å²) in [5.41, 5.74) is 2.25. The number of aliphatic hydroxyl groups is 1. The molecule has 0 unspecified atom stereocenters. The predicted octanol–water partition coefficient (Wildman–Crippen LogP) is 4.57. The Labute approximate surface area is 216 Å². The second kappa shape index (κ2) is 12.6. The van der Waals surface area contributed by atoms with Crippen LogP contribution in [-0.4, -0.2) is 40.1 Å². The number of hydrogen-bond acceptors (Lipinski definition) is 7. The molecule has 192 valence electrons. The number of ketones is 1. The number of carbonyl (C=O) groups excluding carboxylic acids is 1.